The van der Waals surface area contributed by atoms with Crippen molar-refractivity contribution < 1.29 is 4.79 Å². The summed E-state index contributed by atoms with van der Waals surface area (Å²) in [5, 5.41) is 3.76. The fraction of sp³-hybridized carbons (Fsp3) is 0.375. The molecule has 0 radical (unpaired) electrons. The van der Waals surface area contributed by atoms with Crippen LogP contribution in [0, 0.1) is 0 Å². The monoisotopic (exact) mass is 335 g/mol. The van der Waals surface area contributed by atoms with Crippen molar-refractivity contribution in [3.63, 3.8) is 0 Å². The molecule has 116 valence electrons. The summed E-state index contributed by atoms with van der Waals surface area (Å²) in [6.45, 7) is 2.97. The van der Waals surface area contributed by atoms with Gasteiger partial charge >= 0.3 is 0 Å². The van der Waals surface area contributed by atoms with Crippen molar-refractivity contribution in [3.05, 3.63) is 51.4 Å². The molecular formula is C16H18ClN3OS. The molecule has 0 unspecified atom stereocenters. The highest BCUT2D eigenvalue weighted by atomic mass is 35.5. The number of benzene rings is 1. The standard InChI is InChI=1S/C16H18ClN3OS/c17-13-3-1-12(2-4-13)16(21)19-14-5-7-20(8-6-14)10-15-9-18-11-22-15/h1-4,9,11,14H,5-8,10H2,(H,19,21). The van der Waals surface area contributed by atoms with Crippen molar-refractivity contribution in [3.8, 4) is 0 Å². The Morgan fingerprint density at radius 2 is 2.05 bits per heavy atom. The lowest BCUT2D eigenvalue weighted by Crippen LogP contribution is -2.44. The Labute approximate surface area is 139 Å². The average molecular weight is 336 g/mol. The van der Waals surface area contributed by atoms with E-state index in [1.807, 2.05) is 11.7 Å². The summed E-state index contributed by atoms with van der Waals surface area (Å²) in [5.74, 6) is -0.0161. The molecule has 1 aromatic carbocycles. The van der Waals surface area contributed by atoms with Crippen LogP contribution in [0.15, 0.2) is 36.0 Å². The van der Waals surface area contributed by atoms with Crippen LogP contribution in [0.25, 0.3) is 0 Å². The van der Waals surface area contributed by atoms with Gasteiger partial charge in [-0.25, -0.2) is 0 Å². The van der Waals surface area contributed by atoms with E-state index in [0.29, 0.717) is 10.6 Å². The first-order chi connectivity index (χ1) is 10.7. The molecule has 6 heteroatoms. The summed E-state index contributed by atoms with van der Waals surface area (Å²) in [6.07, 6.45) is 3.90. The molecule has 1 aromatic heterocycles. The molecule has 1 aliphatic heterocycles. The molecular weight excluding hydrogens is 318 g/mol. The molecule has 1 saturated heterocycles. The maximum atomic E-state index is 12.2. The molecule has 3 rings (SSSR count). The number of halogens is 1. The van der Waals surface area contributed by atoms with E-state index in [9.17, 15) is 4.79 Å². The number of amides is 1. The minimum atomic E-state index is -0.0161. The lowest BCUT2D eigenvalue weighted by Gasteiger charge is -2.32. The third-order valence-corrected chi connectivity index (χ3v) is 4.91. The Balaban J connectivity index is 1.47. The number of aromatic nitrogens is 1. The van der Waals surface area contributed by atoms with Gasteiger partial charge in [-0.15, -0.1) is 11.3 Å². The van der Waals surface area contributed by atoms with E-state index in [1.165, 1.54) is 4.88 Å². The van der Waals surface area contributed by atoms with Gasteiger partial charge in [0.05, 0.1) is 5.51 Å². The number of likely N-dealkylation sites (tertiary alicyclic amines) is 1. The third-order valence-electron chi connectivity index (χ3n) is 3.89. The molecule has 22 heavy (non-hydrogen) atoms. The zero-order chi connectivity index (χ0) is 15.4. The van der Waals surface area contributed by atoms with E-state index in [-0.39, 0.29) is 11.9 Å². The van der Waals surface area contributed by atoms with Gasteiger partial charge in [0.15, 0.2) is 0 Å². The smallest absolute Gasteiger partial charge is 0.251 e. The van der Waals surface area contributed by atoms with Gasteiger partial charge < -0.3 is 5.32 Å². The quantitative estimate of drug-likeness (QED) is 0.933. The van der Waals surface area contributed by atoms with Gasteiger partial charge in [0, 0.05) is 47.3 Å². The predicted molar refractivity (Wildman–Crippen MR) is 89.3 cm³/mol. The molecule has 0 saturated carbocycles. The number of hydrogen-bond donors (Lipinski definition) is 1. The Kier molecular flexibility index (Phi) is 5.08. The van der Waals surface area contributed by atoms with Crippen LogP contribution >= 0.6 is 22.9 Å². The summed E-state index contributed by atoms with van der Waals surface area (Å²) >= 11 is 7.53. The SMILES string of the molecule is O=C(NC1CCN(Cc2cncs2)CC1)c1ccc(Cl)cc1. The first-order valence-electron chi connectivity index (χ1n) is 7.37. The molecule has 1 N–H and O–H groups in total. The van der Waals surface area contributed by atoms with Crippen molar-refractivity contribution in [2.24, 2.45) is 0 Å². The average Bonchev–Trinajstić information content (AvgIpc) is 3.03. The van der Waals surface area contributed by atoms with Crippen molar-refractivity contribution in [2.45, 2.75) is 25.4 Å². The fourth-order valence-corrected chi connectivity index (χ4v) is 3.41. The number of nitrogens with one attached hydrogen (secondary N) is 1. The van der Waals surface area contributed by atoms with E-state index in [0.717, 1.165) is 32.5 Å². The van der Waals surface area contributed by atoms with Gasteiger partial charge in [-0.2, -0.15) is 0 Å². The van der Waals surface area contributed by atoms with Crippen LogP contribution in [-0.2, 0) is 6.54 Å². The van der Waals surface area contributed by atoms with Crippen LogP contribution < -0.4 is 5.32 Å². The van der Waals surface area contributed by atoms with Gasteiger partial charge in [0.25, 0.3) is 5.91 Å². The highest BCUT2D eigenvalue weighted by Gasteiger charge is 2.21. The molecule has 4 nitrogen and oxygen atoms in total. The summed E-state index contributed by atoms with van der Waals surface area (Å²) < 4.78 is 0. The van der Waals surface area contributed by atoms with E-state index in [4.69, 9.17) is 11.6 Å². The van der Waals surface area contributed by atoms with Crippen molar-refractivity contribution >= 4 is 28.8 Å². The van der Waals surface area contributed by atoms with Crippen LogP contribution in [0.4, 0.5) is 0 Å². The Morgan fingerprint density at radius 1 is 1.32 bits per heavy atom. The van der Waals surface area contributed by atoms with E-state index in [1.54, 1.807) is 35.6 Å². The molecule has 1 fully saturated rings. The third kappa shape index (κ3) is 4.06. The predicted octanol–water partition coefficient (Wildman–Crippen LogP) is 3.19. The van der Waals surface area contributed by atoms with Crippen molar-refractivity contribution in [1.82, 2.24) is 15.2 Å². The van der Waals surface area contributed by atoms with E-state index < -0.39 is 0 Å². The number of thiazole rings is 1. The molecule has 0 atom stereocenters. The van der Waals surface area contributed by atoms with Gasteiger partial charge in [0.2, 0.25) is 0 Å². The Bertz CT molecular complexity index is 607. The van der Waals surface area contributed by atoms with E-state index in [2.05, 4.69) is 15.2 Å². The first kappa shape index (κ1) is 15.5. The zero-order valence-corrected chi connectivity index (χ0v) is 13.7. The highest BCUT2D eigenvalue weighted by Crippen LogP contribution is 2.16. The molecule has 2 heterocycles. The number of piperidine rings is 1. The second-order valence-electron chi connectivity index (χ2n) is 5.50. The number of hydrogen-bond acceptors (Lipinski definition) is 4. The summed E-state index contributed by atoms with van der Waals surface area (Å²) in [4.78, 5) is 20.0. The highest BCUT2D eigenvalue weighted by molar-refractivity contribution is 7.09. The summed E-state index contributed by atoms with van der Waals surface area (Å²) in [6, 6.07) is 7.26. The van der Waals surface area contributed by atoms with Crippen LogP contribution in [0.3, 0.4) is 0 Å². The van der Waals surface area contributed by atoms with Gasteiger partial charge in [-0.1, -0.05) is 11.6 Å². The minimum Gasteiger partial charge on any atom is -0.349 e. The van der Waals surface area contributed by atoms with Crippen LogP contribution in [0.5, 0.6) is 0 Å². The van der Waals surface area contributed by atoms with Gasteiger partial charge in [-0.05, 0) is 37.1 Å². The maximum Gasteiger partial charge on any atom is 0.251 e. The molecule has 0 aliphatic carbocycles. The minimum absolute atomic E-state index is 0.0161. The van der Waals surface area contributed by atoms with Gasteiger partial charge in [0.1, 0.15) is 0 Å². The lowest BCUT2D eigenvalue weighted by molar-refractivity contribution is 0.0909. The van der Waals surface area contributed by atoms with Gasteiger partial charge in [-0.3, -0.25) is 14.7 Å². The van der Waals surface area contributed by atoms with E-state index >= 15 is 0 Å². The molecule has 0 bridgehead atoms. The topological polar surface area (TPSA) is 45.2 Å². The number of carbonyl (C=O) groups is 1. The number of rotatable bonds is 4. The lowest BCUT2D eigenvalue weighted by atomic mass is 10.0. The van der Waals surface area contributed by atoms with Crippen LogP contribution in [-0.4, -0.2) is 34.9 Å². The van der Waals surface area contributed by atoms with Crippen LogP contribution in [0.1, 0.15) is 28.1 Å². The maximum absolute atomic E-state index is 12.2. The molecule has 0 spiro atoms. The zero-order valence-electron chi connectivity index (χ0n) is 12.2. The Morgan fingerprint density at radius 3 is 2.68 bits per heavy atom. The fourth-order valence-electron chi connectivity index (χ4n) is 2.65. The Hall–Kier alpha value is -1.43. The largest absolute Gasteiger partial charge is 0.349 e. The molecule has 1 aliphatic rings. The van der Waals surface area contributed by atoms with Crippen LogP contribution in [0.2, 0.25) is 5.02 Å². The second kappa shape index (κ2) is 7.22. The summed E-state index contributed by atoms with van der Waals surface area (Å²) in [7, 11) is 0. The number of carbonyl (C=O) groups excluding carboxylic acids is 1. The molecule has 2 aromatic rings. The normalized spacial score (nSPS) is 16.6. The first-order valence-corrected chi connectivity index (χ1v) is 8.62. The second-order valence-corrected chi connectivity index (χ2v) is 6.91. The molecule has 1 amide bonds. The summed E-state index contributed by atoms with van der Waals surface area (Å²) in [5.41, 5.74) is 2.53. The number of nitrogens with zero attached hydrogens (tertiary/aromatic N) is 2. The van der Waals surface area contributed by atoms with Crippen molar-refractivity contribution in [1.29, 1.82) is 0 Å². The van der Waals surface area contributed by atoms with Crippen molar-refractivity contribution in [2.75, 3.05) is 13.1 Å².